The van der Waals surface area contributed by atoms with Gasteiger partial charge in [-0.15, -0.1) is 28.2 Å². The van der Waals surface area contributed by atoms with E-state index in [-0.39, 0.29) is 30.2 Å². The van der Waals surface area contributed by atoms with Crippen molar-refractivity contribution in [3.63, 3.8) is 0 Å². The lowest BCUT2D eigenvalue weighted by Gasteiger charge is -2.49. The molecule has 5 unspecified atom stereocenters. The zero-order valence-electron chi connectivity index (χ0n) is 25.2. The van der Waals surface area contributed by atoms with Crippen molar-refractivity contribution in [3.8, 4) is 0 Å². The number of hydrogen-bond donors (Lipinski definition) is 2. The molecule has 4 heterocycles. The average Bonchev–Trinajstić information content (AvgIpc) is 3.70. The van der Waals surface area contributed by atoms with Gasteiger partial charge in [0.25, 0.3) is 11.8 Å². The monoisotopic (exact) mass is 691 g/mol. The Bertz CT molecular complexity index is 1520. The summed E-state index contributed by atoms with van der Waals surface area (Å²) in [7, 11) is 0. The van der Waals surface area contributed by atoms with Crippen LogP contribution in [-0.2, 0) is 40.0 Å². The van der Waals surface area contributed by atoms with Crippen molar-refractivity contribution in [1.82, 2.24) is 24.8 Å². The van der Waals surface area contributed by atoms with Crippen LogP contribution in [-0.4, -0.2) is 79.2 Å². The van der Waals surface area contributed by atoms with Gasteiger partial charge in [-0.05, 0) is 47.9 Å². The van der Waals surface area contributed by atoms with Crippen LogP contribution < -0.4 is 11.1 Å². The molecule has 1 saturated carbocycles. The summed E-state index contributed by atoms with van der Waals surface area (Å²) >= 11 is 3.77. The van der Waals surface area contributed by atoms with Gasteiger partial charge in [-0.3, -0.25) is 14.5 Å². The van der Waals surface area contributed by atoms with Crippen molar-refractivity contribution in [1.29, 1.82) is 0 Å². The number of β-lactam (4-membered cyclic amide) rings is 1. The zero-order valence-corrected chi connectivity index (χ0v) is 27.6. The van der Waals surface area contributed by atoms with Crippen molar-refractivity contribution in [2.45, 2.75) is 70.5 Å². The molecule has 0 radical (unpaired) electrons. The maximum atomic E-state index is 13.5. The molecule has 5 atom stereocenters. The lowest BCUT2D eigenvalue weighted by atomic mass is 9.81. The van der Waals surface area contributed by atoms with Gasteiger partial charge >= 0.3 is 12.1 Å². The number of carbonyl (C=O) groups excluding carboxylic acids is 4. The van der Waals surface area contributed by atoms with E-state index in [0.717, 1.165) is 25.5 Å². The molecule has 246 valence electrons. The number of ether oxygens (including phenoxy) is 3. The molecule has 2 aromatic rings. The van der Waals surface area contributed by atoms with Crippen LogP contribution in [0.25, 0.3) is 6.08 Å². The Morgan fingerprint density at radius 1 is 1.20 bits per heavy atom. The van der Waals surface area contributed by atoms with E-state index in [1.807, 2.05) is 13.8 Å². The Hall–Kier alpha value is -4.03. The normalized spacial score (nSPS) is 25.2. The van der Waals surface area contributed by atoms with Gasteiger partial charge in [-0.1, -0.05) is 36.0 Å². The summed E-state index contributed by atoms with van der Waals surface area (Å²) in [6.45, 7) is 5.47. The van der Waals surface area contributed by atoms with Crippen LogP contribution in [0, 0.1) is 11.8 Å². The molecule has 1 aliphatic carbocycles. The largest absolute Gasteiger partial charge is 0.511 e. The molecular formula is C28H33N7O8S3. The number of rotatable bonds is 11. The number of esters is 1. The third-order valence-electron chi connectivity index (χ3n) is 7.56. The predicted molar refractivity (Wildman–Crippen MR) is 170 cm³/mol. The van der Waals surface area contributed by atoms with Crippen LogP contribution in [0.15, 0.2) is 33.3 Å². The molecule has 5 rings (SSSR count). The maximum absolute atomic E-state index is 13.5. The van der Waals surface area contributed by atoms with Gasteiger partial charge in [0, 0.05) is 23.4 Å². The number of carbonyl (C=O) groups is 4. The first-order chi connectivity index (χ1) is 22.1. The molecule has 15 nitrogen and oxygen atoms in total. The SMILES string of the molecule is CC(OC(=O)OC1C(C)CCCC1C)OC(=O)C1=C(/C=C\c2csnn2)CSC2C(NC(=O)/C=N\OCc3csc(N)n3)C(=O)N12. The number of thioether (sulfide) groups is 1. The second-order valence-corrected chi connectivity index (χ2v) is 13.5. The Balaban J connectivity index is 1.22. The number of anilines is 1. The quantitative estimate of drug-likeness (QED) is 0.115. The number of aromatic nitrogens is 3. The highest BCUT2D eigenvalue weighted by atomic mass is 32.2. The second kappa shape index (κ2) is 15.0. The third kappa shape index (κ3) is 8.03. The average molecular weight is 692 g/mol. The number of thiazole rings is 1. The molecule has 2 aliphatic heterocycles. The van der Waals surface area contributed by atoms with Gasteiger partial charge in [-0.25, -0.2) is 14.6 Å². The fourth-order valence-electron chi connectivity index (χ4n) is 5.35. The maximum Gasteiger partial charge on any atom is 0.511 e. The number of allylic oxidation sites excluding steroid dienone is 1. The first-order valence-corrected chi connectivity index (χ1v) is 17.2. The van der Waals surface area contributed by atoms with Gasteiger partial charge in [0.1, 0.15) is 29.4 Å². The molecule has 3 N–H and O–H groups in total. The van der Waals surface area contributed by atoms with E-state index in [2.05, 4.69) is 25.0 Å². The molecular weight excluding hydrogens is 659 g/mol. The van der Waals surface area contributed by atoms with Gasteiger partial charge in [0.15, 0.2) is 11.7 Å². The number of nitrogens with one attached hydrogen (secondary N) is 1. The molecule has 3 aliphatic rings. The summed E-state index contributed by atoms with van der Waals surface area (Å²) in [4.78, 5) is 62.2. The Morgan fingerprint density at radius 3 is 2.67 bits per heavy atom. The summed E-state index contributed by atoms with van der Waals surface area (Å²) in [6.07, 6.45) is 4.67. The highest BCUT2D eigenvalue weighted by molar-refractivity contribution is 8.00. The van der Waals surface area contributed by atoms with E-state index >= 15 is 0 Å². The van der Waals surface area contributed by atoms with Crippen LogP contribution in [0.2, 0.25) is 0 Å². The third-order valence-corrected chi connectivity index (χ3v) is 10.1. The highest BCUT2D eigenvalue weighted by Gasteiger charge is 2.54. The van der Waals surface area contributed by atoms with Crippen molar-refractivity contribution in [3.05, 3.63) is 39.5 Å². The lowest BCUT2D eigenvalue weighted by Crippen LogP contribution is -2.70. The summed E-state index contributed by atoms with van der Waals surface area (Å²) in [5, 5.41) is 13.4. The van der Waals surface area contributed by atoms with Crippen molar-refractivity contribution < 1.29 is 38.2 Å². The summed E-state index contributed by atoms with van der Waals surface area (Å²) in [5.41, 5.74) is 7.17. The van der Waals surface area contributed by atoms with Gasteiger partial charge < -0.3 is 30.1 Å². The molecule has 2 amide bonds. The number of nitrogens with zero attached hydrogens (tertiary/aromatic N) is 5. The Kier molecular flexibility index (Phi) is 10.9. The molecule has 2 aromatic heterocycles. The minimum atomic E-state index is -1.30. The smallest absolute Gasteiger partial charge is 0.430 e. The molecule has 1 saturated heterocycles. The summed E-state index contributed by atoms with van der Waals surface area (Å²) in [6, 6.07) is -0.929. The molecule has 0 spiro atoms. The van der Waals surface area contributed by atoms with E-state index in [4.69, 9.17) is 24.8 Å². The number of nitrogens with two attached hydrogens (primary N) is 1. The lowest BCUT2D eigenvalue weighted by molar-refractivity contribution is -0.171. The number of hydrogen-bond acceptors (Lipinski definition) is 16. The van der Waals surface area contributed by atoms with E-state index in [9.17, 15) is 19.2 Å². The van der Waals surface area contributed by atoms with E-state index in [0.29, 0.717) is 27.8 Å². The van der Waals surface area contributed by atoms with Crippen molar-refractivity contribution in [2.24, 2.45) is 17.0 Å². The summed E-state index contributed by atoms with van der Waals surface area (Å²) in [5.74, 6) is -1.39. The minimum absolute atomic E-state index is 0.0221. The van der Waals surface area contributed by atoms with Crippen LogP contribution >= 0.6 is 34.6 Å². The molecule has 2 fully saturated rings. The van der Waals surface area contributed by atoms with Crippen LogP contribution in [0.1, 0.15) is 51.4 Å². The van der Waals surface area contributed by atoms with E-state index in [1.54, 1.807) is 22.9 Å². The Labute approximate surface area is 276 Å². The van der Waals surface area contributed by atoms with Gasteiger partial charge in [0.2, 0.25) is 6.29 Å². The molecule has 18 heteroatoms. The van der Waals surface area contributed by atoms with Crippen molar-refractivity contribution >= 4 is 76.0 Å². The van der Waals surface area contributed by atoms with Gasteiger partial charge in [-0.2, -0.15) is 0 Å². The van der Waals surface area contributed by atoms with Crippen LogP contribution in [0.5, 0.6) is 0 Å². The first-order valence-electron chi connectivity index (χ1n) is 14.5. The van der Waals surface area contributed by atoms with Crippen LogP contribution in [0.4, 0.5) is 9.93 Å². The number of amides is 2. The zero-order chi connectivity index (χ0) is 32.8. The highest BCUT2D eigenvalue weighted by Crippen LogP contribution is 2.41. The van der Waals surface area contributed by atoms with Gasteiger partial charge in [0.05, 0.1) is 11.4 Å². The van der Waals surface area contributed by atoms with Crippen molar-refractivity contribution in [2.75, 3.05) is 11.5 Å². The first kappa shape index (κ1) is 33.3. The predicted octanol–water partition coefficient (Wildman–Crippen LogP) is 3.31. The number of oxime groups is 1. The fraction of sp³-hybridized carbons (Fsp3) is 0.500. The number of nitrogen functional groups attached to an aromatic ring is 1. The Morgan fingerprint density at radius 2 is 1.98 bits per heavy atom. The molecule has 46 heavy (non-hydrogen) atoms. The standard InChI is InChI=1S/C28H33N7O8S3/c1-14-5-4-6-15(2)23(14)43-28(39)42-16(3)41-26(38)22-17(7-8-18-13-46-34-33-18)11-44-25-21(24(37)35(22)25)32-20(36)9-30-40-10-19-12-45-27(29)31-19/h7-9,12-16,21,23,25H,4-6,10-11H2,1-3H3,(H2,29,31)(H,32,36)/b8-7-,30-9-. The molecule has 0 aromatic carbocycles. The number of fused-ring (bicyclic) bond motifs is 1. The fourth-order valence-corrected chi connectivity index (χ4v) is 7.64. The summed E-state index contributed by atoms with van der Waals surface area (Å²) < 4.78 is 20.1. The molecule has 0 bridgehead atoms. The topological polar surface area (TPSA) is 198 Å². The van der Waals surface area contributed by atoms with E-state index < -0.39 is 41.6 Å². The van der Waals surface area contributed by atoms with E-state index in [1.165, 1.54) is 46.5 Å². The van der Waals surface area contributed by atoms with Crippen LogP contribution in [0.3, 0.4) is 0 Å². The minimum Gasteiger partial charge on any atom is -0.430 e. The second-order valence-electron chi connectivity index (χ2n) is 10.9.